The number of nitrogens with zero attached hydrogens (tertiary/aromatic N) is 5. The average molecular weight is 244 g/mol. The van der Waals surface area contributed by atoms with Crippen LogP contribution in [0.1, 0.15) is 6.42 Å². The molecule has 0 aliphatic rings. The summed E-state index contributed by atoms with van der Waals surface area (Å²) in [6.07, 6.45) is 3.58. The molecule has 2 aromatic heterocycles. The van der Waals surface area contributed by atoms with Crippen LogP contribution in [0.25, 0.3) is 11.2 Å². The number of aryl methyl sites for hydroxylation is 1. The predicted octanol–water partition coefficient (Wildman–Crippen LogP) is 0.887. The number of rotatable bonds is 5. The van der Waals surface area contributed by atoms with E-state index in [1.165, 1.54) is 0 Å². The Labute approximate surface area is 104 Å². The van der Waals surface area contributed by atoms with Crippen molar-refractivity contribution in [2.75, 3.05) is 12.3 Å². The van der Waals surface area contributed by atoms with Gasteiger partial charge in [-0.05, 0) is 0 Å². The predicted molar refractivity (Wildman–Crippen MR) is 65.7 cm³/mol. The molecule has 18 heavy (non-hydrogen) atoms. The highest BCUT2D eigenvalue weighted by atomic mass is 16.5. The highest BCUT2D eigenvalue weighted by Crippen LogP contribution is 2.21. The maximum Gasteiger partial charge on any atom is 0.247 e. The van der Waals surface area contributed by atoms with Crippen molar-refractivity contribution in [1.29, 1.82) is 5.26 Å². The van der Waals surface area contributed by atoms with Crippen LogP contribution in [0.15, 0.2) is 19.0 Å². The Morgan fingerprint density at radius 1 is 1.56 bits per heavy atom. The van der Waals surface area contributed by atoms with E-state index in [0.29, 0.717) is 36.6 Å². The molecule has 0 amide bonds. The molecule has 7 nitrogen and oxygen atoms in total. The van der Waals surface area contributed by atoms with Gasteiger partial charge in [-0.15, -0.1) is 0 Å². The maximum absolute atomic E-state index is 8.59. The van der Waals surface area contributed by atoms with Crippen molar-refractivity contribution >= 4 is 17.1 Å². The van der Waals surface area contributed by atoms with E-state index < -0.39 is 0 Å². The van der Waals surface area contributed by atoms with E-state index in [-0.39, 0.29) is 5.95 Å². The molecular weight excluding hydrogens is 232 g/mol. The minimum Gasteiger partial charge on any atom is -0.472 e. The van der Waals surface area contributed by atoms with Gasteiger partial charge < -0.3 is 15.0 Å². The Morgan fingerprint density at radius 2 is 2.39 bits per heavy atom. The molecule has 0 aliphatic heterocycles. The number of ether oxygens (including phenoxy) is 1. The van der Waals surface area contributed by atoms with E-state index in [2.05, 4.69) is 27.6 Å². The molecule has 0 atom stereocenters. The Morgan fingerprint density at radius 3 is 3.11 bits per heavy atom. The van der Waals surface area contributed by atoms with Crippen LogP contribution in [-0.2, 0) is 6.54 Å². The topological polar surface area (TPSA) is 103 Å². The Balaban J connectivity index is 2.44. The van der Waals surface area contributed by atoms with Gasteiger partial charge in [0.2, 0.25) is 11.8 Å². The lowest BCUT2D eigenvalue weighted by atomic mass is 10.4. The summed E-state index contributed by atoms with van der Waals surface area (Å²) in [6.45, 7) is 4.38. The Hall–Kier alpha value is -2.62. The van der Waals surface area contributed by atoms with E-state index in [1.807, 2.05) is 0 Å². The summed E-state index contributed by atoms with van der Waals surface area (Å²) < 4.78 is 7.12. The fourth-order valence-corrected chi connectivity index (χ4v) is 1.51. The third kappa shape index (κ3) is 2.22. The van der Waals surface area contributed by atoms with Crippen LogP contribution < -0.4 is 10.5 Å². The Bertz CT molecular complexity index is 612. The molecular formula is C11H12N6O. The van der Waals surface area contributed by atoms with Crippen LogP contribution in [0.3, 0.4) is 0 Å². The number of anilines is 1. The van der Waals surface area contributed by atoms with Gasteiger partial charge in [-0.3, -0.25) is 0 Å². The van der Waals surface area contributed by atoms with Crippen molar-refractivity contribution < 1.29 is 4.74 Å². The maximum atomic E-state index is 8.59. The normalized spacial score (nSPS) is 10.2. The number of hydrogen-bond donors (Lipinski definition) is 1. The molecule has 2 aromatic rings. The summed E-state index contributed by atoms with van der Waals surface area (Å²) in [6, 6.07) is 2.07. The molecule has 2 rings (SSSR count). The summed E-state index contributed by atoms with van der Waals surface area (Å²) in [5, 5.41) is 8.59. The first-order valence-corrected chi connectivity index (χ1v) is 5.35. The fraction of sp³-hybridized carbons (Fsp3) is 0.273. The molecule has 0 saturated heterocycles. The zero-order valence-corrected chi connectivity index (χ0v) is 9.70. The zero-order valence-electron chi connectivity index (χ0n) is 9.70. The van der Waals surface area contributed by atoms with E-state index >= 15 is 0 Å². The summed E-state index contributed by atoms with van der Waals surface area (Å²) in [7, 11) is 0. The van der Waals surface area contributed by atoms with Crippen LogP contribution >= 0.6 is 0 Å². The lowest BCUT2D eigenvalue weighted by Gasteiger charge is -2.04. The lowest BCUT2D eigenvalue weighted by Crippen LogP contribution is -2.04. The van der Waals surface area contributed by atoms with E-state index in [4.69, 9.17) is 15.7 Å². The zero-order chi connectivity index (χ0) is 13.0. The molecule has 0 aliphatic carbocycles. The van der Waals surface area contributed by atoms with Crippen LogP contribution in [0.5, 0.6) is 5.88 Å². The molecule has 0 fully saturated rings. The number of nitrogens with two attached hydrogens (primary N) is 1. The number of aromatic nitrogens is 4. The third-order valence-electron chi connectivity index (χ3n) is 2.25. The van der Waals surface area contributed by atoms with Gasteiger partial charge in [0.15, 0.2) is 11.2 Å². The largest absolute Gasteiger partial charge is 0.472 e. The second-order valence-corrected chi connectivity index (χ2v) is 3.50. The molecule has 2 heterocycles. The number of nitriles is 1. The smallest absolute Gasteiger partial charge is 0.247 e. The first kappa shape index (κ1) is 11.9. The van der Waals surface area contributed by atoms with Gasteiger partial charge >= 0.3 is 0 Å². The molecule has 0 spiro atoms. The molecule has 0 bridgehead atoms. The quantitative estimate of drug-likeness (QED) is 0.783. The van der Waals surface area contributed by atoms with Crippen molar-refractivity contribution in [3.8, 4) is 11.9 Å². The van der Waals surface area contributed by atoms with Crippen LogP contribution in [0.4, 0.5) is 5.95 Å². The van der Waals surface area contributed by atoms with Crippen molar-refractivity contribution in [1.82, 2.24) is 19.5 Å². The van der Waals surface area contributed by atoms with Gasteiger partial charge in [-0.25, -0.2) is 4.98 Å². The van der Waals surface area contributed by atoms with Crippen molar-refractivity contribution in [2.24, 2.45) is 0 Å². The number of fused-ring (bicyclic) bond motifs is 1. The number of imidazole rings is 1. The first-order chi connectivity index (χ1) is 8.76. The summed E-state index contributed by atoms with van der Waals surface area (Å²) in [5.74, 6) is 0.438. The molecule has 0 aromatic carbocycles. The van der Waals surface area contributed by atoms with Crippen molar-refractivity contribution in [3.63, 3.8) is 0 Å². The van der Waals surface area contributed by atoms with Gasteiger partial charge in [-0.1, -0.05) is 12.7 Å². The highest BCUT2D eigenvalue weighted by Gasteiger charge is 2.12. The van der Waals surface area contributed by atoms with Gasteiger partial charge in [0.25, 0.3) is 0 Å². The van der Waals surface area contributed by atoms with Gasteiger partial charge in [-0.2, -0.15) is 15.2 Å². The standard InChI is InChI=1S/C11H12N6O/c1-2-6-18-10-8-9(15-11(13)16-10)17(7-14-8)5-3-4-12/h2,7H,1,3,5-6H2,(H2,13,15,16). The van der Waals surface area contributed by atoms with Crippen molar-refractivity contribution in [3.05, 3.63) is 19.0 Å². The monoisotopic (exact) mass is 244 g/mol. The SMILES string of the molecule is C=CCOc1nc(N)nc2c1ncn2CCC#N. The second kappa shape index (κ2) is 5.14. The molecule has 0 radical (unpaired) electrons. The van der Waals surface area contributed by atoms with Crippen LogP contribution in [0.2, 0.25) is 0 Å². The van der Waals surface area contributed by atoms with Gasteiger partial charge in [0.1, 0.15) is 6.61 Å². The Kier molecular flexibility index (Phi) is 3.38. The van der Waals surface area contributed by atoms with Crippen LogP contribution in [-0.4, -0.2) is 26.1 Å². The molecule has 0 unspecified atom stereocenters. The van der Waals surface area contributed by atoms with Crippen LogP contribution in [0, 0.1) is 11.3 Å². The third-order valence-corrected chi connectivity index (χ3v) is 2.25. The lowest BCUT2D eigenvalue weighted by molar-refractivity contribution is 0.353. The first-order valence-electron chi connectivity index (χ1n) is 5.35. The average Bonchev–Trinajstić information content (AvgIpc) is 2.76. The van der Waals surface area contributed by atoms with Crippen molar-refractivity contribution in [2.45, 2.75) is 13.0 Å². The summed E-state index contributed by atoms with van der Waals surface area (Å²) in [4.78, 5) is 12.3. The number of nitrogen functional groups attached to an aromatic ring is 1. The highest BCUT2D eigenvalue weighted by molar-refractivity contribution is 5.77. The van der Waals surface area contributed by atoms with Gasteiger partial charge in [0.05, 0.1) is 18.8 Å². The summed E-state index contributed by atoms with van der Waals surface area (Å²) in [5.41, 5.74) is 6.72. The molecule has 92 valence electrons. The van der Waals surface area contributed by atoms with Gasteiger partial charge in [0, 0.05) is 6.54 Å². The minimum absolute atomic E-state index is 0.111. The number of hydrogen-bond acceptors (Lipinski definition) is 6. The van der Waals surface area contributed by atoms with E-state index in [0.717, 1.165) is 0 Å². The molecule has 7 heteroatoms. The molecule has 2 N–H and O–H groups in total. The second-order valence-electron chi connectivity index (χ2n) is 3.50. The van der Waals surface area contributed by atoms with E-state index in [1.54, 1.807) is 17.0 Å². The fourth-order valence-electron chi connectivity index (χ4n) is 1.51. The summed E-state index contributed by atoms with van der Waals surface area (Å²) >= 11 is 0. The minimum atomic E-state index is 0.111. The van der Waals surface area contributed by atoms with E-state index in [9.17, 15) is 0 Å². The molecule has 0 saturated carbocycles.